The first-order valence-electron chi connectivity index (χ1n) is 4.68. The van der Waals surface area contributed by atoms with Gasteiger partial charge in [0.1, 0.15) is 0 Å². The van der Waals surface area contributed by atoms with Gasteiger partial charge in [-0.05, 0) is 12.5 Å². The van der Waals surface area contributed by atoms with Crippen molar-refractivity contribution in [3.05, 3.63) is 12.2 Å². The maximum absolute atomic E-state index is 11.3. The Balaban J connectivity index is 2.11. The Morgan fingerprint density at radius 2 is 2.36 bits per heavy atom. The third-order valence-corrected chi connectivity index (χ3v) is 3.21. The Bertz CT molecular complexity index is 310. The van der Waals surface area contributed by atoms with E-state index < -0.39 is 0 Å². The standard InChI is InChI=1S/C10H13NO3/c1-11-8-5-7(10(13)14-2)6(8)3-4-9(11)12/h3-4,6-8H,5H2,1-2H3/t6-,7-,8+/m0/s1. The number of fused-ring (bicyclic) bond motifs is 1. The summed E-state index contributed by atoms with van der Waals surface area (Å²) < 4.78 is 4.69. The summed E-state index contributed by atoms with van der Waals surface area (Å²) in [5.41, 5.74) is 0. The zero-order valence-electron chi connectivity index (χ0n) is 8.27. The van der Waals surface area contributed by atoms with Crippen molar-refractivity contribution in [1.29, 1.82) is 0 Å². The molecule has 0 N–H and O–H groups in total. The number of ether oxygens (including phenoxy) is 1. The number of carbonyl (C=O) groups is 2. The highest BCUT2D eigenvalue weighted by Gasteiger charge is 2.48. The number of carbonyl (C=O) groups excluding carboxylic acids is 2. The largest absolute Gasteiger partial charge is 0.469 e. The quantitative estimate of drug-likeness (QED) is 0.561. The summed E-state index contributed by atoms with van der Waals surface area (Å²) in [5, 5.41) is 0. The number of rotatable bonds is 1. The first-order chi connectivity index (χ1) is 6.65. The third kappa shape index (κ3) is 1.14. The summed E-state index contributed by atoms with van der Waals surface area (Å²) >= 11 is 0. The molecule has 76 valence electrons. The normalized spacial score (nSPS) is 34.9. The minimum absolute atomic E-state index is 0.0227. The van der Waals surface area contributed by atoms with Gasteiger partial charge < -0.3 is 9.64 Å². The van der Waals surface area contributed by atoms with Crippen LogP contribution < -0.4 is 0 Å². The molecule has 1 amide bonds. The molecule has 0 bridgehead atoms. The Labute approximate surface area is 82.5 Å². The average molecular weight is 195 g/mol. The Morgan fingerprint density at radius 3 is 3.00 bits per heavy atom. The van der Waals surface area contributed by atoms with Gasteiger partial charge in [0.2, 0.25) is 5.91 Å². The van der Waals surface area contributed by atoms with Crippen LogP contribution in [0.25, 0.3) is 0 Å². The van der Waals surface area contributed by atoms with E-state index in [1.54, 1.807) is 11.9 Å². The molecular formula is C10H13NO3. The predicted octanol–water partition coefficient (Wildman–Crippen LogP) is 0.192. The van der Waals surface area contributed by atoms with Crippen molar-refractivity contribution in [2.24, 2.45) is 11.8 Å². The van der Waals surface area contributed by atoms with Crippen molar-refractivity contribution in [1.82, 2.24) is 4.90 Å². The molecule has 3 atom stereocenters. The molecule has 4 nitrogen and oxygen atoms in total. The van der Waals surface area contributed by atoms with E-state index in [-0.39, 0.29) is 29.8 Å². The fourth-order valence-corrected chi connectivity index (χ4v) is 2.20. The zero-order valence-corrected chi connectivity index (χ0v) is 8.27. The van der Waals surface area contributed by atoms with Crippen LogP contribution in [0.1, 0.15) is 6.42 Å². The molecular weight excluding hydrogens is 182 g/mol. The van der Waals surface area contributed by atoms with E-state index in [2.05, 4.69) is 4.74 Å². The van der Waals surface area contributed by atoms with Gasteiger partial charge in [-0.3, -0.25) is 9.59 Å². The number of hydrogen-bond acceptors (Lipinski definition) is 3. The fourth-order valence-electron chi connectivity index (χ4n) is 2.20. The van der Waals surface area contributed by atoms with Crippen LogP contribution in [-0.4, -0.2) is 37.0 Å². The first-order valence-corrected chi connectivity index (χ1v) is 4.68. The fraction of sp³-hybridized carbons (Fsp3) is 0.600. The van der Waals surface area contributed by atoms with Crippen molar-refractivity contribution in [2.45, 2.75) is 12.5 Å². The van der Waals surface area contributed by atoms with Gasteiger partial charge >= 0.3 is 5.97 Å². The monoisotopic (exact) mass is 195 g/mol. The van der Waals surface area contributed by atoms with Gasteiger partial charge in [0.05, 0.1) is 13.0 Å². The molecule has 0 aromatic carbocycles. The van der Waals surface area contributed by atoms with E-state index in [0.29, 0.717) is 0 Å². The molecule has 0 unspecified atom stereocenters. The number of methoxy groups -OCH3 is 1. The molecule has 2 aliphatic rings. The van der Waals surface area contributed by atoms with E-state index in [1.165, 1.54) is 13.2 Å². The molecule has 0 spiro atoms. The maximum atomic E-state index is 11.3. The van der Waals surface area contributed by atoms with Crippen LogP contribution in [0.5, 0.6) is 0 Å². The number of amides is 1. The van der Waals surface area contributed by atoms with Gasteiger partial charge in [-0.25, -0.2) is 0 Å². The average Bonchev–Trinajstić information content (AvgIpc) is 2.13. The first kappa shape index (κ1) is 9.24. The van der Waals surface area contributed by atoms with Crippen LogP contribution >= 0.6 is 0 Å². The number of hydrogen-bond donors (Lipinski definition) is 0. The van der Waals surface area contributed by atoms with Gasteiger partial charge in [-0.15, -0.1) is 0 Å². The van der Waals surface area contributed by atoms with Crippen molar-refractivity contribution >= 4 is 11.9 Å². The Kier molecular flexibility index (Phi) is 2.06. The second-order valence-corrected chi connectivity index (χ2v) is 3.82. The molecule has 1 aliphatic carbocycles. The predicted molar refractivity (Wildman–Crippen MR) is 49.3 cm³/mol. The van der Waals surface area contributed by atoms with Gasteiger partial charge in [0.15, 0.2) is 0 Å². The molecule has 0 aromatic heterocycles. The molecule has 2 rings (SSSR count). The topological polar surface area (TPSA) is 46.6 Å². The summed E-state index contributed by atoms with van der Waals surface area (Å²) in [6, 6.07) is 0.191. The van der Waals surface area contributed by atoms with E-state index in [9.17, 15) is 9.59 Å². The highest BCUT2D eigenvalue weighted by atomic mass is 16.5. The van der Waals surface area contributed by atoms with Gasteiger partial charge in [-0.2, -0.15) is 0 Å². The third-order valence-electron chi connectivity index (χ3n) is 3.21. The van der Waals surface area contributed by atoms with Crippen LogP contribution in [-0.2, 0) is 14.3 Å². The molecule has 1 aliphatic heterocycles. The molecule has 1 fully saturated rings. The molecule has 1 heterocycles. The summed E-state index contributed by atoms with van der Waals surface area (Å²) in [5.74, 6) is -0.0461. The second kappa shape index (κ2) is 3.12. The van der Waals surface area contributed by atoms with E-state index in [1.807, 2.05) is 6.08 Å². The lowest BCUT2D eigenvalue weighted by Crippen LogP contribution is -2.56. The number of likely N-dealkylation sites (N-methyl/N-ethyl adjacent to an activating group) is 1. The van der Waals surface area contributed by atoms with Gasteiger partial charge in [0.25, 0.3) is 0 Å². The van der Waals surface area contributed by atoms with Crippen LogP contribution in [0.3, 0.4) is 0 Å². The van der Waals surface area contributed by atoms with Crippen molar-refractivity contribution in [3.8, 4) is 0 Å². The molecule has 0 radical (unpaired) electrons. The molecule has 14 heavy (non-hydrogen) atoms. The highest BCUT2D eigenvalue weighted by molar-refractivity contribution is 5.89. The number of nitrogens with zero attached hydrogens (tertiary/aromatic N) is 1. The minimum atomic E-state index is -0.168. The zero-order chi connectivity index (χ0) is 10.3. The number of esters is 1. The maximum Gasteiger partial charge on any atom is 0.309 e. The summed E-state index contributed by atoms with van der Waals surface area (Å²) in [6.07, 6.45) is 4.10. The van der Waals surface area contributed by atoms with Crippen molar-refractivity contribution in [3.63, 3.8) is 0 Å². The van der Waals surface area contributed by atoms with Crippen molar-refractivity contribution < 1.29 is 14.3 Å². The summed E-state index contributed by atoms with van der Waals surface area (Å²) in [4.78, 5) is 24.2. The molecule has 0 aromatic rings. The van der Waals surface area contributed by atoms with E-state index in [0.717, 1.165) is 6.42 Å². The lowest BCUT2D eigenvalue weighted by atomic mass is 9.67. The van der Waals surface area contributed by atoms with Crippen LogP contribution in [0.2, 0.25) is 0 Å². The van der Waals surface area contributed by atoms with Crippen LogP contribution in [0.15, 0.2) is 12.2 Å². The van der Waals surface area contributed by atoms with Crippen molar-refractivity contribution in [2.75, 3.05) is 14.2 Å². The lowest BCUT2D eigenvalue weighted by Gasteiger charge is -2.47. The van der Waals surface area contributed by atoms with Crippen LogP contribution in [0.4, 0.5) is 0 Å². The molecule has 1 saturated carbocycles. The smallest absolute Gasteiger partial charge is 0.309 e. The Morgan fingerprint density at radius 1 is 1.64 bits per heavy atom. The van der Waals surface area contributed by atoms with E-state index >= 15 is 0 Å². The minimum Gasteiger partial charge on any atom is -0.469 e. The van der Waals surface area contributed by atoms with Gasteiger partial charge in [-0.1, -0.05) is 6.08 Å². The summed E-state index contributed by atoms with van der Waals surface area (Å²) in [7, 11) is 3.17. The SMILES string of the molecule is COC(=O)[C@H]1C[C@@H]2[C@H]1C=CC(=O)N2C. The second-order valence-electron chi connectivity index (χ2n) is 3.82. The van der Waals surface area contributed by atoms with Crippen LogP contribution in [0, 0.1) is 11.8 Å². The summed E-state index contributed by atoms with van der Waals surface area (Å²) in [6.45, 7) is 0. The lowest BCUT2D eigenvalue weighted by molar-refractivity contribution is -0.157. The Hall–Kier alpha value is -1.32. The van der Waals surface area contributed by atoms with Gasteiger partial charge in [0, 0.05) is 19.0 Å². The van der Waals surface area contributed by atoms with E-state index in [4.69, 9.17) is 0 Å². The molecule has 4 heteroatoms. The molecule has 0 saturated heterocycles. The highest BCUT2D eigenvalue weighted by Crippen LogP contribution is 2.41.